The van der Waals surface area contributed by atoms with Crippen LogP contribution in [-0.4, -0.2) is 30.8 Å². The lowest BCUT2D eigenvalue weighted by Gasteiger charge is -2.29. The number of halogens is 3. The van der Waals surface area contributed by atoms with Gasteiger partial charge in [-0.25, -0.2) is 13.6 Å². The van der Waals surface area contributed by atoms with Gasteiger partial charge < -0.3 is 20.6 Å². The number of amides is 2. The van der Waals surface area contributed by atoms with Crippen LogP contribution in [0.3, 0.4) is 0 Å². The van der Waals surface area contributed by atoms with E-state index in [1.165, 1.54) is 6.42 Å². The van der Waals surface area contributed by atoms with E-state index in [1.807, 2.05) is 6.07 Å². The molecule has 3 N–H and O–H groups in total. The third kappa shape index (κ3) is 5.11. The standard InChI is InChI=1S/C20H22ClF2N3O2/c21-16-11-14(5-7-18(16)26-8-2-1-3-9-26)25-20(28)24-12-19(27)15-6-4-13(22)10-17(15)23/h4-7,10-11,19,27H,1-3,8-9,12H2,(H2,24,25,28). The summed E-state index contributed by atoms with van der Waals surface area (Å²) in [4.78, 5) is 14.3. The first kappa shape index (κ1) is 20.4. The number of nitrogens with zero attached hydrogens (tertiary/aromatic N) is 1. The fourth-order valence-corrected chi connectivity index (χ4v) is 3.52. The molecule has 0 radical (unpaired) electrons. The molecule has 28 heavy (non-hydrogen) atoms. The first-order chi connectivity index (χ1) is 13.4. The van der Waals surface area contributed by atoms with E-state index in [2.05, 4.69) is 15.5 Å². The zero-order valence-electron chi connectivity index (χ0n) is 15.2. The van der Waals surface area contributed by atoms with Crippen molar-refractivity contribution in [3.8, 4) is 0 Å². The monoisotopic (exact) mass is 409 g/mol. The Kier molecular flexibility index (Phi) is 6.70. The van der Waals surface area contributed by atoms with Crippen molar-refractivity contribution in [1.82, 2.24) is 5.32 Å². The van der Waals surface area contributed by atoms with Crippen molar-refractivity contribution in [2.45, 2.75) is 25.4 Å². The Bertz CT molecular complexity index is 844. The first-order valence-corrected chi connectivity index (χ1v) is 9.54. The molecule has 0 spiro atoms. The van der Waals surface area contributed by atoms with Gasteiger partial charge in [-0.3, -0.25) is 0 Å². The van der Waals surface area contributed by atoms with Crippen molar-refractivity contribution in [2.24, 2.45) is 0 Å². The number of anilines is 2. The number of urea groups is 1. The van der Waals surface area contributed by atoms with Gasteiger partial charge in [-0.15, -0.1) is 0 Å². The summed E-state index contributed by atoms with van der Waals surface area (Å²) in [6, 6.07) is 7.61. The number of carbonyl (C=O) groups excluding carboxylic acids is 1. The van der Waals surface area contributed by atoms with Gasteiger partial charge in [0, 0.05) is 37.0 Å². The van der Waals surface area contributed by atoms with Crippen molar-refractivity contribution in [3.05, 3.63) is 58.6 Å². The van der Waals surface area contributed by atoms with Crippen LogP contribution < -0.4 is 15.5 Å². The molecule has 0 aromatic heterocycles. The van der Waals surface area contributed by atoms with Crippen LogP contribution in [0.4, 0.5) is 25.0 Å². The second kappa shape index (κ2) is 9.21. The molecule has 1 saturated heterocycles. The van der Waals surface area contributed by atoms with Gasteiger partial charge >= 0.3 is 6.03 Å². The molecule has 3 rings (SSSR count). The lowest BCUT2D eigenvalue weighted by Crippen LogP contribution is -2.32. The SMILES string of the molecule is O=C(NCC(O)c1ccc(F)cc1F)Nc1ccc(N2CCCCC2)c(Cl)c1. The number of hydrogen-bond donors (Lipinski definition) is 3. The van der Waals surface area contributed by atoms with Crippen LogP contribution in [0, 0.1) is 11.6 Å². The molecular formula is C20H22ClF2N3O2. The summed E-state index contributed by atoms with van der Waals surface area (Å²) in [5, 5.41) is 15.6. The molecule has 1 unspecified atom stereocenters. The largest absolute Gasteiger partial charge is 0.386 e. The van der Waals surface area contributed by atoms with Gasteiger partial charge in [0.2, 0.25) is 0 Å². The van der Waals surface area contributed by atoms with Gasteiger partial charge in [0.25, 0.3) is 0 Å². The molecule has 1 aliphatic heterocycles. The van der Waals surface area contributed by atoms with E-state index in [4.69, 9.17) is 11.6 Å². The van der Waals surface area contributed by atoms with Crippen LogP contribution in [0.1, 0.15) is 30.9 Å². The minimum absolute atomic E-state index is 0.0874. The van der Waals surface area contributed by atoms with Crippen LogP contribution >= 0.6 is 11.6 Å². The summed E-state index contributed by atoms with van der Waals surface area (Å²) in [7, 11) is 0. The first-order valence-electron chi connectivity index (χ1n) is 9.16. The van der Waals surface area contributed by atoms with Crippen molar-refractivity contribution < 1.29 is 18.7 Å². The molecule has 0 aliphatic carbocycles. The maximum atomic E-state index is 13.7. The highest BCUT2D eigenvalue weighted by atomic mass is 35.5. The quantitative estimate of drug-likeness (QED) is 0.683. The molecule has 1 atom stereocenters. The molecule has 1 fully saturated rings. The molecule has 5 nitrogen and oxygen atoms in total. The van der Waals surface area contributed by atoms with Gasteiger partial charge in [0.15, 0.2) is 0 Å². The average molecular weight is 410 g/mol. The molecule has 2 amide bonds. The van der Waals surface area contributed by atoms with E-state index in [-0.39, 0.29) is 12.1 Å². The van der Waals surface area contributed by atoms with E-state index < -0.39 is 23.8 Å². The second-order valence-corrected chi connectivity index (χ2v) is 7.14. The Balaban J connectivity index is 1.55. The van der Waals surface area contributed by atoms with E-state index in [1.54, 1.807) is 12.1 Å². The molecular weight excluding hydrogens is 388 g/mol. The molecule has 1 heterocycles. The number of carbonyl (C=O) groups is 1. The number of aliphatic hydroxyl groups excluding tert-OH is 1. The summed E-state index contributed by atoms with van der Waals surface area (Å²) >= 11 is 6.36. The minimum atomic E-state index is -1.29. The summed E-state index contributed by atoms with van der Waals surface area (Å²) in [6.45, 7) is 1.70. The highest BCUT2D eigenvalue weighted by molar-refractivity contribution is 6.33. The molecule has 2 aromatic carbocycles. The van der Waals surface area contributed by atoms with E-state index >= 15 is 0 Å². The topological polar surface area (TPSA) is 64.6 Å². The fourth-order valence-electron chi connectivity index (χ4n) is 3.22. The van der Waals surface area contributed by atoms with Crippen LogP contribution in [0.2, 0.25) is 5.02 Å². The molecule has 150 valence electrons. The highest BCUT2D eigenvalue weighted by Gasteiger charge is 2.16. The summed E-state index contributed by atoms with van der Waals surface area (Å²) in [5.41, 5.74) is 1.36. The van der Waals surface area contributed by atoms with Crippen LogP contribution in [0.5, 0.6) is 0 Å². The van der Waals surface area contributed by atoms with Crippen LogP contribution in [-0.2, 0) is 0 Å². The van der Waals surface area contributed by atoms with E-state index in [9.17, 15) is 18.7 Å². The zero-order valence-corrected chi connectivity index (χ0v) is 16.0. The Hall–Kier alpha value is -2.38. The number of benzene rings is 2. The third-order valence-electron chi connectivity index (χ3n) is 4.68. The number of nitrogens with one attached hydrogen (secondary N) is 2. The number of aliphatic hydroxyl groups is 1. The number of piperidine rings is 1. The Morgan fingerprint density at radius 1 is 1.14 bits per heavy atom. The Morgan fingerprint density at radius 3 is 2.57 bits per heavy atom. The van der Waals surface area contributed by atoms with Crippen LogP contribution in [0.15, 0.2) is 36.4 Å². The number of hydrogen-bond acceptors (Lipinski definition) is 3. The lowest BCUT2D eigenvalue weighted by molar-refractivity contribution is 0.170. The van der Waals surface area contributed by atoms with Crippen molar-refractivity contribution in [1.29, 1.82) is 0 Å². The average Bonchev–Trinajstić information content (AvgIpc) is 2.67. The minimum Gasteiger partial charge on any atom is -0.386 e. The van der Waals surface area contributed by atoms with Crippen molar-refractivity contribution >= 4 is 29.0 Å². The smallest absolute Gasteiger partial charge is 0.319 e. The molecule has 8 heteroatoms. The lowest BCUT2D eigenvalue weighted by atomic mass is 10.1. The predicted molar refractivity (Wildman–Crippen MR) is 106 cm³/mol. The van der Waals surface area contributed by atoms with Crippen molar-refractivity contribution in [2.75, 3.05) is 29.9 Å². The summed E-state index contributed by atoms with van der Waals surface area (Å²) < 4.78 is 26.6. The van der Waals surface area contributed by atoms with E-state index in [0.717, 1.165) is 43.8 Å². The maximum absolute atomic E-state index is 13.7. The van der Waals surface area contributed by atoms with Crippen molar-refractivity contribution in [3.63, 3.8) is 0 Å². The highest BCUT2D eigenvalue weighted by Crippen LogP contribution is 2.30. The zero-order chi connectivity index (χ0) is 20.1. The predicted octanol–water partition coefficient (Wildman–Crippen LogP) is 4.46. The normalized spacial score (nSPS) is 15.2. The Morgan fingerprint density at radius 2 is 1.89 bits per heavy atom. The van der Waals surface area contributed by atoms with Gasteiger partial charge in [0.1, 0.15) is 11.6 Å². The van der Waals surface area contributed by atoms with Gasteiger partial charge in [-0.1, -0.05) is 17.7 Å². The van der Waals surface area contributed by atoms with Gasteiger partial charge in [-0.2, -0.15) is 0 Å². The summed E-state index contributed by atoms with van der Waals surface area (Å²) in [5.74, 6) is -1.60. The summed E-state index contributed by atoms with van der Waals surface area (Å²) in [6.07, 6.45) is 2.20. The molecule has 0 bridgehead atoms. The molecule has 2 aromatic rings. The van der Waals surface area contributed by atoms with Gasteiger partial charge in [0.05, 0.1) is 16.8 Å². The molecule has 0 saturated carbocycles. The van der Waals surface area contributed by atoms with Crippen LogP contribution in [0.25, 0.3) is 0 Å². The fraction of sp³-hybridized carbons (Fsp3) is 0.350. The van der Waals surface area contributed by atoms with E-state index in [0.29, 0.717) is 16.8 Å². The third-order valence-corrected chi connectivity index (χ3v) is 4.98. The maximum Gasteiger partial charge on any atom is 0.319 e. The molecule has 1 aliphatic rings. The number of rotatable bonds is 5. The second-order valence-electron chi connectivity index (χ2n) is 6.73. The van der Waals surface area contributed by atoms with Gasteiger partial charge in [-0.05, 0) is 43.5 Å². The Labute approximate surface area is 167 Å².